The Morgan fingerprint density at radius 2 is 1.20 bits per heavy atom. The Morgan fingerprint density at radius 1 is 0.733 bits per heavy atom. The Hall–Kier alpha value is -3.37. The highest BCUT2D eigenvalue weighted by Crippen LogP contribution is 2.18. The van der Waals surface area contributed by atoms with Gasteiger partial charge in [0.05, 0.1) is 12.2 Å². The molecule has 1 heterocycles. The van der Waals surface area contributed by atoms with Crippen molar-refractivity contribution >= 4 is 24.2 Å². The highest BCUT2D eigenvalue weighted by molar-refractivity contribution is 5.78. The molecular formula is C19H25NO10. The second-order valence-electron chi connectivity index (χ2n) is 6.53. The van der Waals surface area contributed by atoms with Gasteiger partial charge in [-0.25, -0.2) is 24.2 Å². The SMILES string of the molecule is CC(C)OC(=O)C(C)OC(=O)Oc1ccnc(OC(=O)OC(C)C(=O)OC(C)C)c1. The van der Waals surface area contributed by atoms with Gasteiger partial charge in [0.2, 0.25) is 5.88 Å². The topological polar surface area (TPSA) is 137 Å². The molecule has 166 valence electrons. The number of esters is 2. The molecule has 2 unspecified atom stereocenters. The molecule has 11 heteroatoms. The molecule has 0 N–H and O–H groups in total. The smallest absolute Gasteiger partial charge is 0.460 e. The number of hydrogen-bond donors (Lipinski definition) is 0. The van der Waals surface area contributed by atoms with Crippen LogP contribution in [-0.2, 0) is 28.5 Å². The van der Waals surface area contributed by atoms with Crippen LogP contribution in [0.15, 0.2) is 18.3 Å². The van der Waals surface area contributed by atoms with E-state index in [9.17, 15) is 19.2 Å². The molecule has 0 fully saturated rings. The third-order valence-electron chi connectivity index (χ3n) is 3.01. The first-order valence-corrected chi connectivity index (χ1v) is 9.11. The molecule has 11 nitrogen and oxygen atoms in total. The summed E-state index contributed by atoms with van der Waals surface area (Å²) >= 11 is 0. The van der Waals surface area contributed by atoms with Crippen LogP contribution >= 0.6 is 0 Å². The minimum absolute atomic E-state index is 0.0745. The number of hydrogen-bond acceptors (Lipinski definition) is 11. The van der Waals surface area contributed by atoms with Crippen molar-refractivity contribution in [1.29, 1.82) is 0 Å². The Balaban J connectivity index is 2.59. The Labute approximate surface area is 173 Å². The monoisotopic (exact) mass is 427 g/mol. The largest absolute Gasteiger partial charge is 0.516 e. The summed E-state index contributed by atoms with van der Waals surface area (Å²) in [5.41, 5.74) is 0. The van der Waals surface area contributed by atoms with Crippen molar-refractivity contribution in [2.75, 3.05) is 0 Å². The summed E-state index contributed by atoms with van der Waals surface area (Å²) in [5, 5.41) is 0. The van der Waals surface area contributed by atoms with Gasteiger partial charge in [-0.3, -0.25) is 0 Å². The highest BCUT2D eigenvalue weighted by Gasteiger charge is 2.23. The number of nitrogens with zero attached hydrogens (tertiary/aromatic N) is 1. The van der Waals surface area contributed by atoms with Crippen LogP contribution in [0.4, 0.5) is 9.59 Å². The molecule has 0 aliphatic carbocycles. The van der Waals surface area contributed by atoms with E-state index in [1.54, 1.807) is 27.7 Å². The van der Waals surface area contributed by atoms with Gasteiger partial charge in [0.15, 0.2) is 12.2 Å². The third-order valence-corrected chi connectivity index (χ3v) is 3.01. The first-order chi connectivity index (χ1) is 14.0. The standard InChI is InChI=1S/C19H25NO10/c1-10(2)25-16(21)12(5)27-18(23)29-14-7-8-20-15(9-14)30-19(24)28-13(6)17(22)26-11(3)4/h7-13H,1-6H3. The van der Waals surface area contributed by atoms with Gasteiger partial charge in [-0.15, -0.1) is 0 Å². The number of carbonyl (C=O) groups is 4. The van der Waals surface area contributed by atoms with Crippen molar-refractivity contribution in [1.82, 2.24) is 4.98 Å². The third kappa shape index (κ3) is 9.22. The zero-order valence-corrected chi connectivity index (χ0v) is 17.6. The first kappa shape index (κ1) is 24.7. The van der Waals surface area contributed by atoms with Crippen LogP contribution in [0.25, 0.3) is 0 Å². The molecule has 1 rings (SSSR count). The Kier molecular flexibility index (Phi) is 9.53. The number of rotatable bonds is 8. The zero-order valence-electron chi connectivity index (χ0n) is 17.6. The molecular weight excluding hydrogens is 402 g/mol. The lowest BCUT2D eigenvalue weighted by Crippen LogP contribution is -2.29. The average molecular weight is 427 g/mol. The van der Waals surface area contributed by atoms with Crippen molar-refractivity contribution < 1.29 is 47.6 Å². The van der Waals surface area contributed by atoms with Crippen molar-refractivity contribution in [3.05, 3.63) is 18.3 Å². The van der Waals surface area contributed by atoms with E-state index in [1.807, 2.05) is 0 Å². The van der Waals surface area contributed by atoms with Crippen LogP contribution in [-0.4, -0.2) is 53.6 Å². The summed E-state index contributed by atoms with van der Waals surface area (Å²) < 4.78 is 29.2. The molecule has 0 amide bonds. The van der Waals surface area contributed by atoms with E-state index in [1.165, 1.54) is 26.1 Å². The molecule has 0 aliphatic rings. The second kappa shape index (κ2) is 11.6. The number of pyridine rings is 1. The van der Waals surface area contributed by atoms with Gasteiger partial charge in [0, 0.05) is 12.3 Å². The van der Waals surface area contributed by atoms with E-state index in [-0.39, 0.29) is 23.8 Å². The van der Waals surface area contributed by atoms with Crippen LogP contribution in [0, 0.1) is 0 Å². The Morgan fingerprint density at radius 3 is 1.67 bits per heavy atom. The molecule has 2 atom stereocenters. The first-order valence-electron chi connectivity index (χ1n) is 9.11. The molecule has 1 aromatic heterocycles. The van der Waals surface area contributed by atoms with Crippen molar-refractivity contribution in [2.45, 2.75) is 66.0 Å². The lowest BCUT2D eigenvalue weighted by atomic mass is 10.4. The average Bonchev–Trinajstić information content (AvgIpc) is 2.60. The second-order valence-corrected chi connectivity index (χ2v) is 6.53. The number of ether oxygens (including phenoxy) is 6. The van der Waals surface area contributed by atoms with E-state index in [0.29, 0.717) is 0 Å². The predicted octanol–water partition coefficient (Wildman–Crippen LogP) is 2.79. The van der Waals surface area contributed by atoms with E-state index in [0.717, 1.165) is 6.07 Å². The fraction of sp³-hybridized carbons (Fsp3) is 0.526. The molecule has 0 spiro atoms. The molecule has 0 bridgehead atoms. The van der Waals surface area contributed by atoms with Gasteiger partial charge >= 0.3 is 24.2 Å². The summed E-state index contributed by atoms with van der Waals surface area (Å²) in [7, 11) is 0. The van der Waals surface area contributed by atoms with Gasteiger partial charge in [0.1, 0.15) is 5.75 Å². The van der Waals surface area contributed by atoms with E-state index < -0.39 is 36.5 Å². The highest BCUT2D eigenvalue weighted by atomic mass is 16.7. The van der Waals surface area contributed by atoms with Gasteiger partial charge in [0.25, 0.3) is 0 Å². The predicted molar refractivity (Wildman–Crippen MR) is 99.8 cm³/mol. The van der Waals surface area contributed by atoms with E-state index in [4.69, 9.17) is 28.4 Å². The summed E-state index contributed by atoms with van der Waals surface area (Å²) in [6.07, 6.45) is -4.30. The van der Waals surface area contributed by atoms with Crippen LogP contribution < -0.4 is 9.47 Å². The maximum atomic E-state index is 11.8. The molecule has 0 aromatic carbocycles. The van der Waals surface area contributed by atoms with Crippen LogP contribution in [0.2, 0.25) is 0 Å². The normalized spacial score (nSPS) is 12.5. The van der Waals surface area contributed by atoms with Crippen molar-refractivity contribution in [3.8, 4) is 11.6 Å². The summed E-state index contributed by atoms with van der Waals surface area (Å²) in [6, 6.07) is 2.40. The van der Waals surface area contributed by atoms with Gasteiger partial charge in [-0.2, -0.15) is 0 Å². The molecule has 1 aromatic rings. The minimum Gasteiger partial charge on any atom is -0.460 e. The quantitative estimate of drug-likeness (QED) is 0.447. The maximum absolute atomic E-state index is 11.8. The van der Waals surface area contributed by atoms with Crippen molar-refractivity contribution in [3.63, 3.8) is 0 Å². The van der Waals surface area contributed by atoms with E-state index >= 15 is 0 Å². The van der Waals surface area contributed by atoms with Gasteiger partial charge in [-0.05, 0) is 47.6 Å². The fourth-order valence-corrected chi connectivity index (χ4v) is 1.78. The minimum atomic E-state index is -1.21. The van der Waals surface area contributed by atoms with Crippen LogP contribution in [0.5, 0.6) is 11.6 Å². The van der Waals surface area contributed by atoms with Gasteiger partial charge < -0.3 is 28.4 Å². The summed E-state index contributed by atoms with van der Waals surface area (Å²) in [4.78, 5) is 50.6. The lowest BCUT2D eigenvalue weighted by Gasteiger charge is -2.15. The van der Waals surface area contributed by atoms with Crippen molar-refractivity contribution in [2.24, 2.45) is 0 Å². The summed E-state index contributed by atoms with van der Waals surface area (Å²) in [6.45, 7) is 9.25. The molecule has 0 saturated heterocycles. The van der Waals surface area contributed by atoms with Crippen LogP contribution in [0.1, 0.15) is 41.5 Å². The Bertz CT molecular complexity index is 702. The number of carbonyl (C=O) groups excluding carboxylic acids is 4. The maximum Gasteiger partial charge on any atom is 0.516 e. The number of aromatic nitrogens is 1. The molecule has 0 saturated carbocycles. The summed E-state index contributed by atoms with van der Waals surface area (Å²) in [5.74, 6) is -1.80. The molecule has 0 radical (unpaired) electrons. The lowest BCUT2D eigenvalue weighted by molar-refractivity contribution is -0.157. The molecule has 30 heavy (non-hydrogen) atoms. The molecule has 0 aliphatic heterocycles. The van der Waals surface area contributed by atoms with Gasteiger partial charge in [-0.1, -0.05) is 0 Å². The fourth-order valence-electron chi connectivity index (χ4n) is 1.78. The van der Waals surface area contributed by atoms with E-state index in [2.05, 4.69) is 4.98 Å². The zero-order chi connectivity index (χ0) is 22.8. The van der Waals surface area contributed by atoms with Crippen LogP contribution in [0.3, 0.4) is 0 Å².